The number of rotatable bonds is 12. The molecule has 44 heavy (non-hydrogen) atoms. The van der Waals surface area contributed by atoms with Crippen LogP contribution in [0.5, 0.6) is 11.6 Å². The van der Waals surface area contributed by atoms with Gasteiger partial charge in [-0.1, -0.05) is 24.3 Å². The van der Waals surface area contributed by atoms with Crippen LogP contribution in [0.2, 0.25) is 0 Å². The zero-order valence-corrected chi connectivity index (χ0v) is 24.8. The van der Waals surface area contributed by atoms with Crippen LogP contribution < -0.4 is 20.1 Å². The van der Waals surface area contributed by atoms with E-state index in [1.54, 1.807) is 38.9 Å². The number of hydrogen-bond acceptors (Lipinski definition) is 11. The minimum Gasteiger partial charge on any atom is -0.495 e. The molecule has 220 valence electrons. The molecule has 0 aliphatic carbocycles. The van der Waals surface area contributed by atoms with E-state index in [1.807, 2.05) is 72.8 Å². The quantitative estimate of drug-likeness (QED) is 0.134. The number of methoxy groups -OCH3 is 2. The average molecular weight is 608 g/mol. The van der Waals surface area contributed by atoms with Gasteiger partial charge in [0, 0.05) is 45.9 Å². The van der Waals surface area contributed by atoms with Crippen molar-refractivity contribution < 1.29 is 23.1 Å². The number of ether oxygens (including phenoxy) is 2. The first kappa shape index (κ1) is 28.9. The summed E-state index contributed by atoms with van der Waals surface area (Å²) in [4.78, 5) is 17.5. The van der Waals surface area contributed by atoms with Crippen LogP contribution in [-0.4, -0.2) is 34.2 Å². The van der Waals surface area contributed by atoms with Crippen LogP contribution in [-0.2, 0) is 26.8 Å². The number of fused-ring (bicyclic) bond motifs is 2. The van der Waals surface area contributed by atoms with Gasteiger partial charge >= 0.3 is 8.25 Å². The van der Waals surface area contributed by atoms with Gasteiger partial charge in [-0.15, -0.1) is 9.05 Å². The SMILES string of the molecule is COc1cnc2c(Nc3ccc(CO[P+](=O)OCc4ccc(Nc5ccnc6nc(OC)ccc56)cc4)cc3)ccnc2c1. The van der Waals surface area contributed by atoms with Crippen molar-refractivity contribution in [2.45, 2.75) is 13.2 Å². The predicted octanol–water partition coefficient (Wildman–Crippen LogP) is 7.47. The molecule has 0 aliphatic heterocycles. The monoisotopic (exact) mass is 607 g/mol. The summed E-state index contributed by atoms with van der Waals surface area (Å²) in [5, 5.41) is 7.63. The highest BCUT2D eigenvalue weighted by Gasteiger charge is 2.20. The molecular formula is C32H28N6O5P+. The molecule has 4 heterocycles. The molecule has 1 unspecified atom stereocenters. The molecule has 0 spiro atoms. The molecule has 4 aromatic heterocycles. The Hall–Kier alpha value is -5.22. The van der Waals surface area contributed by atoms with E-state index >= 15 is 0 Å². The standard InChI is InChI=1S/C32H28N6O5P/c1-40-25-17-29-31(35-18-25)28(14-15-33-29)37-24-9-5-22(6-10-24)20-43-44(39)42-19-21-3-7-23(8-4-21)36-27-13-16-34-32-26(27)11-12-30(38-32)41-2/h3-18H,19-20H2,1-2H3,(H,33,37)(H,34,36,38)/q+1. The van der Waals surface area contributed by atoms with Crippen molar-refractivity contribution in [3.8, 4) is 11.6 Å². The third-order valence-corrected chi connectivity index (χ3v) is 7.39. The van der Waals surface area contributed by atoms with E-state index in [9.17, 15) is 4.57 Å². The van der Waals surface area contributed by atoms with Crippen molar-refractivity contribution in [3.63, 3.8) is 0 Å². The highest BCUT2D eigenvalue weighted by molar-refractivity contribution is 7.33. The molecular weight excluding hydrogens is 579 g/mol. The van der Waals surface area contributed by atoms with Gasteiger partial charge in [-0.2, -0.15) is 4.98 Å². The van der Waals surface area contributed by atoms with Crippen molar-refractivity contribution in [3.05, 3.63) is 109 Å². The third-order valence-electron chi connectivity index (χ3n) is 6.71. The second-order valence-corrected chi connectivity index (χ2v) is 10.6. The number of hydrogen-bond donors (Lipinski definition) is 2. The zero-order valence-electron chi connectivity index (χ0n) is 23.9. The smallest absolute Gasteiger partial charge is 0.495 e. The average Bonchev–Trinajstić information content (AvgIpc) is 3.07. The number of aromatic nitrogens is 4. The summed E-state index contributed by atoms with van der Waals surface area (Å²) in [6, 6.07) is 24.6. The molecule has 0 fully saturated rings. The lowest BCUT2D eigenvalue weighted by atomic mass is 10.2. The predicted molar refractivity (Wildman–Crippen MR) is 169 cm³/mol. The van der Waals surface area contributed by atoms with Gasteiger partial charge in [-0.3, -0.25) is 4.98 Å². The lowest BCUT2D eigenvalue weighted by Crippen LogP contribution is -1.96. The molecule has 0 radical (unpaired) electrons. The maximum atomic E-state index is 12.4. The fraction of sp³-hybridized carbons (Fsp3) is 0.125. The second-order valence-electron chi connectivity index (χ2n) is 9.60. The Bertz CT molecular complexity index is 1780. The molecule has 0 bridgehead atoms. The maximum absolute atomic E-state index is 12.4. The van der Waals surface area contributed by atoms with E-state index in [1.165, 1.54) is 0 Å². The van der Waals surface area contributed by atoms with Gasteiger partial charge in [0.25, 0.3) is 0 Å². The Kier molecular flexibility index (Phi) is 8.79. The number of nitrogens with one attached hydrogen (secondary N) is 2. The van der Waals surface area contributed by atoms with Crippen molar-refractivity contribution in [1.29, 1.82) is 0 Å². The molecule has 6 aromatic rings. The van der Waals surface area contributed by atoms with Gasteiger partial charge in [0.1, 0.15) is 24.5 Å². The van der Waals surface area contributed by atoms with E-state index in [0.29, 0.717) is 17.3 Å². The fourth-order valence-corrected chi connectivity index (χ4v) is 5.01. The molecule has 12 heteroatoms. The largest absolute Gasteiger partial charge is 0.698 e. The fourth-order valence-electron chi connectivity index (χ4n) is 4.43. The van der Waals surface area contributed by atoms with E-state index in [-0.39, 0.29) is 13.2 Å². The highest BCUT2D eigenvalue weighted by Crippen LogP contribution is 2.30. The summed E-state index contributed by atoms with van der Waals surface area (Å²) >= 11 is 0. The first-order valence-corrected chi connectivity index (χ1v) is 14.7. The minimum absolute atomic E-state index is 0.151. The van der Waals surface area contributed by atoms with E-state index in [2.05, 4.69) is 30.6 Å². The lowest BCUT2D eigenvalue weighted by molar-refractivity contribution is 0.213. The summed E-state index contributed by atoms with van der Waals surface area (Å²) in [5.74, 6) is 1.16. The number of nitrogens with zero attached hydrogens (tertiary/aromatic N) is 4. The molecule has 2 N–H and O–H groups in total. The zero-order chi connectivity index (χ0) is 30.3. The Balaban J connectivity index is 0.983. The molecule has 0 aliphatic rings. The van der Waals surface area contributed by atoms with Gasteiger partial charge in [-0.05, 0) is 53.6 Å². The Labute approximate surface area is 254 Å². The minimum atomic E-state index is -2.30. The van der Waals surface area contributed by atoms with Gasteiger partial charge in [-0.25, -0.2) is 9.97 Å². The number of anilines is 4. The summed E-state index contributed by atoms with van der Waals surface area (Å²) in [7, 11) is 0.868. The van der Waals surface area contributed by atoms with E-state index in [4.69, 9.17) is 18.5 Å². The Morgan fingerprint density at radius 3 is 2.00 bits per heavy atom. The molecule has 11 nitrogen and oxygen atoms in total. The van der Waals surface area contributed by atoms with E-state index < -0.39 is 8.25 Å². The summed E-state index contributed by atoms with van der Waals surface area (Å²) in [6.07, 6.45) is 5.07. The van der Waals surface area contributed by atoms with Crippen LogP contribution in [0.3, 0.4) is 0 Å². The molecule has 0 amide bonds. The van der Waals surface area contributed by atoms with Gasteiger partial charge in [0.2, 0.25) is 5.88 Å². The van der Waals surface area contributed by atoms with Crippen LogP contribution in [0.25, 0.3) is 22.1 Å². The molecule has 1 atom stereocenters. The molecule has 0 saturated carbocycles. The van der Waals surface area contributed by atoms with Gasteiger partial charge in [0.05, 0.1) is 37.3 Å². The second kappa shape index (κ2) is 13.4. The van der Waals surface area contributed by atoms with E-state index in [0.717, 1.165) is 50.3 Å². The van der Waals surface area contributed by atoms with Crippen LogP contribution in [0.15, 0.2) is 97.5 Å². The van der Waals surface area contributed by atoms with Crippen LogP contribution in [0.4, 0.5) is 22.7 Å². The van der Waals surface area contributed by atoms with Crippen LogP contribution in [0.1, 0.15) is 11.1 Å². The normalized spacial score (nSPS) is 11.4. The third kappa shape index (κ3) is 6.87. The summed E-state index contributed by atoms with van der Waals surface area (Å²) in [5.41, 5.74) is 7.23. The van der Waals surface area contributed by atoms with Crippen molar-refractivity contribution in [2.75, 3.05) is 24.9 Å². The Morgan fingerprint density at radius 1 is 0.705 bits per heavy atom. The van der Waals surface area contributed by atoms with Crippen molar-refractivity contribution >= 4 is 53.1 Å². The van der Waals surface area contributed by atoms with Crippen LogP contribution >= 0.6 is 8.25 Å². The number of benzene rings is 2. The first-order valence-electron chi connectivity index (χ1n) is 13.6. The van der Waals surface area contributed by atoms with Crippen LogP contribution in [0, 0.1) is 0 Å². The lowest BCUT2D eigenvalue weighted by Gasteiger charge is -2.10. The summed E-state index contributed by atoms with van der Waals surface area (Å²) < 4.78 is 33.7. The first-order chi connectivity index (χ1) is 21.6. The number of pyridine rings is 4. The molecule has 2 aromatic carbocycles. The Morgan fingerprint density at radius 2 is 1.34 bits per heavy atom. The van der Waals surface area contributed by atoms with Crippen molar-refractivity contribution in [2.24, 2.45) is 0 Å². The highest BCUT2D eigenvalue weighted by atomic mass is 31.1. The topological polar surface area (TPSA) is 130 Å². The van der Waals surface area contributed by atoms with Gasteiger partial charge in [0.15, 0.2) is 5.65 Å². The van der Waals surface area contributed by atoms with Gasteiger partial charge < -0.3 is 20.1 Å². The van der Waals surface area contributed by atoms with Crippen molar-refractivity contribution in [1.82, 2.24) is 19.9 Å². The maximum Gasteiger partial charge on any atom is 0.698 e. The molecule has 0 saturated heterocycles. The summed E-state index contributed by atoms with van der Waals surface area (Å²) in [6.45, 7) is 0.304. The molecule has 6 rings (SSSR count).